The van der Waals surface area contributed by atoms with Gasteiger partial charge in [0.1, 0.15) is 0 Å². The Kier molecular flexibility index (Phi) is 1.54. The van der Waals surface area contributed by atoms with Crippen molar-refractivity contribution in [2.75, 3.05) is 0 Å². The summed E-state index contributed by atoms with van der Waals surface area (Å²) in [6, 6.07) is 3.35. The molecule has 1 aromatic heterocycles. The maximum atomic E-state index is 10.8. The Hall–Kier alpha value is -1.09. The Balaban J connectivity index is 2.34. The Morgan fingerprint density at radius 1 is 1.42 bits per heavy atom. The standard InChI is InChI=1S/C9H12N2O/c10-9(4-1-5-9)7-2-3-8(12)11-6-7/h2-3,6H,1,4-5,10H2,(H,11,12). The fraction of sp³-hybridized carbons (Fsp3) is 0.444. The molecule has 3 N–H and O–H groups in total. The molecule has 3 heteroatoms. The van der Waals surface area contributed by atoms with Gasteiger partial charge < -0.3 is 10.7 Å². The van der Waals surface area contributed by atoms with E-state index in [0.29, 0.717) is 0 Å². The Morgan fingerprint density at radius 3 is 2.58 bits per heavy atom. The van der Waals surface area contributed by atoms with Gasteiger partial charge in [-0.05, 0) is 24.8 Å². The zero-order chi connectivity index (χ0) is 8.60. The smallest absolute Gasteiger partial charge is 0.247 e. The largest absolute Gasteiger partial charge is 0.329 e. The Labute approximate surface area is 70.6 Å². The van der Waals surface area contributed by atoms with Gasteiger partial charge in [-0.25, -0.2) is 0 Å². The lowest BCUT2D eigenvalue weighted by Crippen LogP contribution is -2.43. The van der Waals surface area contributed by atoms with Crippen molar-refractivity contribution in [1.82, 2.24) is 4.98 Å². The lowest BCUT2D eigenvalue weighted by Gasteiger charge is -2.38. The molecular formula is C9H12N2O. The third kappa shape index (κ3) is 1.06. The van der Waals surface area contributed by atoms with Gasteiger partial charge in [-0.15, -0.1) is 0 Å². The van der Waals surface area contributed by atoms with Crippen LogP contribution in [0.4, 0.5) is 0 Å². The second kappa shape index (κ2) is 2.45. The average Bonchev–Trinajstić information content (AvgIpc) is 2.02. The first kappa shape index (κ1) is 7.55. The summed E-state index contributed by atoms with van der Waals surface area (Å²) in [6.45, 7) is 0. The topological polar surface area (TPSA) is 58.9 Å². The van der Waals surface area contributed by atoms with E-state index in [1.165, 1.54) is 12.5 Å². The van der Waals surface area contributed by atoms with Crippen LogP contribution in [-0.4, -0.2) is 4.98 Å². The van der Waals surface area contributed by atoms with E-state index >= 15 is 0 Å². The van der Waals surface area contributed by atoms with E-state index in [4.69, 9.17) is 5.73 Å². The van der Waals surface area contributed by atoms with E-state index in [2.05, 4.69) is 4.98 Å². The molecule has 0 aliphatic heterocycles. The molecule has 1 aromatic rings. The van der Waals surface area contributed by atoms with Crippen molar-refractivity contribution in [3.05, 3.63) is 34.2 Å². The molecule has 1 saturated carbocycles. The lowest BCUT2D eigenvalue weighted by molar-refractivity contribution is 0.253. The summed E-state index contributed by atoms with van der Waals surface area (Å²) in [7, 11) is 0. The minimum absolute atomic E-state index is 0.0679. The number of H-pyrrole nitrogens is 1. The van der Waals surface area contributed by atoms with E-state index in [1.807, 2.05) is 6.07 Å². The normalized spacial score (nSPS) is 20.1. The van der Waals surface area contributed by atoms with Crippen LogP contribution in [-0.2, 0) is 5.54 Å². The summed E-state index contributed by atoms with van der Waals surface area (Å²) in [4.78, 5) is 13.4. The summed E-state index contributed by atoms with van der Waals surface area (Å²) in [6.07, 6.45) is 4.97. The number of aromatic amines is 1. The van der Waals surface area contributed by atoms with Gasteiger partial charge in [0.15, 0.2) is 0 Å². The van der Waals surface area contributed by atoms with E-state index in [1.54, 1.807) is 6.20 Å². The van der Waals surface area contributed by atoms with Gasteiger partial charge in [-0.1, -0.05) is 6.07 Å². The van der Waals surface area contributed by atoms with Gasteiger partial charge in [0.05, 0.1) is 0 Å². The fourth-order valence-corrected chi connectivity index (χ4v) is 1.57. The van der Waals surface area contributed by atoms with Crippen molar-refractivity contribution < 1.29 is 0 Å². The maximum absolute atomic E-state index is 10.8. The van der Waals surface area contributed by atoms with Crippen molar-refractivity contribution in [2.45, 2.75) is 24.8 Å². The molecule has 0 atom stereocenters. The monoisotopic (exact) mass is 164 g/mol. The first-order chi connectivity index (χ1) is 5.71. The molecule has 64 valence electrons. The molecule has 3 nitrogen and oxygen atoms in total. The van der Waals surface area contributed by atoms with Crippen LogP contribution in [0.2, 0.25) is 0 Å². The highest BCUT2D eigenvalue weighted by Gasteiger charge is 2.34. The van der Waals surface area contributed by atoms with Gasteiger partial charge >= 0.3 is 0 Å². The van der Waals surface area contributed by atoms with E-state index < -0.39 is 0 Å². The SMILES string of the molecule is NC1(c2ccc(=O)[nH]c2)CCC1. The molecule has 1 fully saturated rings. The van der Waals surface area contributed by atoms with E-state index in [9.17, 15) is 4.79 Å². The number of hydrogen-bond acceptors (Lipinski definition) is 2. The fourth-order valence-electron chi connectivity index (χ4n) is 1.57. The second-order valence-electron chi connectivity index (χ2n) is 3.45. The van der Waals surface area contributed by atoms with Crippen molar-refractivity contribution in [2.24, 2.45) is 5.73 Å². The third-order valence-electron chi connectivity index (χ3n) is 2.60. The Bertz CT molecular complexity index is 318. The van der Waals surface area contributed by atoms with Crippen LogP contribution >= 0.6 is 0 Å². The number of nitrogens with two attached hydrogens (primary N) is 1. The lowest BCUT2D eigenvalue weighted by atomic mass is 9.73. The molecule has 0 saturated heterocycles. The molecule has 1 aliphatic carbocycles. The molecule has 0 amide bonds. The zero-order valence-corrected chi connectivity index (χ0v) is 6.84. The van der Waals surface area contributed by atoms with Crippen LogP contribution in [0.15, 0.2) is 23.1 Å². The van der Waals surface area contributed by atoms with Crippen LogP contribution in [0, 0.1) is 0 Å². The predicted octanol–water partition coefficient (Wildman–Crippen LogP) is 0.713. The average molecular weight is 164 g/mol. The quantitative estimate of drug-likeness (QED) is 0.642. The minimum atomic E-state index is -0.162. The first-order valence-electron chi connectivity index (χ1n) is 4.19. The summed E-state index contributed by atoms with van der Waals surface area (Å²) in [5, 5.41) is 0. The van der Waals surface area contributed by atoms with Crippen LogP contribution in [0.5, 0.6) is 0 Å². The predicted molar refractivity (Wildman–Crippen MR) is 46.8 cm³/mol. The van der Waals surface area contributed by atoms with Crippen molar-refractivity contribution in [3.63, 3.8) is 0 Å². The zero-order valence-electron chi connectivity index (χ0n) is 6.84. The number of hydrogen-bond donors (Lipinski definition) is 2. The van der Waals surface area contributed by atoms with Crippen LogP contribution < -0.4 is 11.3 Å². The highest BCUT2D eigenvalue weighted by atomic mass is 16.1. The van der Waals surface area contributed by atoms with Crippen LogP contribution in [0.25, 0.3) is 0 Å². The summed E-state index contributed by atoms with van der Waals surface area (Å²) in [5.41, 5.74) is 6.87. The first-order valence-corrected chi connectivity index (χ1v) is 4.19. The molecule has 1 heterocycles. The summed E-state index contributed by atoms with van der Waals surface area (Å²) < 4.78 is 0. The molecular weight excluding hydrogens is 152 g/mol. The highest BCUT2D eigenvalue weighted by Crippen LogP contribution is 2.37. The van der Waals surface area contributed by atoms with Crippen LogP contribution in [0.1, 0.15) is 24.8 Å². The van der Waals surface area contributed by atoms with Gasteiger partial charge in [0, 0.05) is 17.8 Å². The Morgan fingerprint density at radius 2 is 2.17 bits per heavy atom. The van der Waals surface area contributed by atoms with E-state index in [0.717, 1.165) is 18.4 Å². The van der Waals surface area contributed by atoms with Gasteiger partial charge in [0.2, 0.25) is 5.56 Å². The molecule has 1 aliphatic rings. The number of nitrogens with one attached hydrogen (secondary N) is 1. The number of pyridine rings is 1. The minimum Gasteiger partial charge on any atom is -0.329 e. The second-order valence-corrected chi connectivity index (χ2v) is 3.45. The molecule has 12 heavy (non-hydrogen) atoms. The molecule has 0 spiro atoms. The van der Waals surface area contributed by atoms with Crippen molar-refractivity contribution >= 4 is 0 Å². The van der Waals surface area contributed by atoms with Gasteiger partial charge in [-0.3, -0.25) is 4.79 Å². The summed E-state index contributed by atoms with van der Waals surface area (Å²) >= 11 is 0. The van der Waals surface area contributed by atoms with Crippen molar-refractivity contribution in [1.29, 1.82) is 0 Å². The number of aromatic nitrogens is 1. The van der Waals surface area contributed by atoms with E-state index in [-0.39, 0.29) is 11.1 Å². The maximum Gasteiger partial charge on any atom is 0.247 e. The third-order valence-corrected chi connectivity index (χ3v) is 2.60. The molecule has 0 bridgehead atoms. The molecule has 0 unspecified atom stereocenters. The van der Waals surface area contributed by atoms with Gasteiger partial charge in [0.25, 0.3) is 0 Å². The molecule has 0 aromatic carbocycles. The molecule has 0 radical (unpaired) electrons. The van der Waals surface area contributed by atoms with Gasteiger partial charge in [-0.2, -0.15) is 0 Å². The molecule has 2 rings (SSSR count). The van der Waals surface area contributed by atoms with Crippen LogP contribution in [0.3, 0.4) is 0 Å². The number of rotatable bonds is 1. The summed E-state index contributed by atoms with van der Waals surface area (Å²) in [5.74, 6) is 0. The highest BCUT2D eigenvalue weighted by molar-refractivity contribution is 5.22. The van der Waals surface area contributed by atoms with Crippen molar-refractivity contribution in [3.8, 4) is 0 Å².